The molecule has 14 heteroatoms. The standard InChI is InChI=1S/2C2H5NO2.2C2H2O4/c2*3-1-2(4)5;2*3-1(4)2(5)6/h2*1,3H2,(H,4,5);2*(H,3,4)(H,5,6). The number of aliphatic carboxylic acids is 6. The van der Waals surface area contributed by atoms with Gasteiger partial charge in [-0.3, -0.25) is 0 Å². The van der Waals surface area contributed by atoms with Crippen molar-refractivity contribution in [2.24, 2.45) is 0 Å². The summed E-state index contributed by atoms with van der Waals surface area (Å²) in [6.45, 7) is -0.0556. The van der Waals surface area contributed by atoms with Gasteiger partial charge in [-0.25, -0.2) is 19.2 Å². The number of carbonyl (C=O) groups is 6. The number of carboxylic acid groups (broad SMARTS) is 6. The molecule has 0 aliphatic heterocycles. The molecule has 0 atom stereocenters. The van der Waals surface area contributed by atoms with Crippen LogP contribution < -0.4 is 21.7 Å². The number of hydrogen-bond acceptors (Lipinski definition) is 8. The quantitative estimate of drug-likeness (QED) is 0.257. The van der Waals surface area contributed by atoms with Crippen molar-refractivity contribution >= 4 is 35.8 Å². The van der Waals surface area contributed by atoms with Gasteiger partial charge in [-0.05, 0) is 0 Å². The predicted octanol–water partition coefficient (Wildman–Crippen LogP) is -7.73. The van der Waals surface area contributed by atoms with E-state index in [-0.39, 0.29) is 13.1 Å². The Morgan fingerprint density at radius 3 is 0.727 bits per heavy atom. The highest BCUT2D eigenvalue weighted by Crippen LogP contribution is 1.50. The zero-order valence-electron chi connectivity index (χ0n) is 10.9. The van der Waals surface area contributed by atoms with Gasteiger partial charge in [0.1, 0.15) is 0 Å². The smallest absolute Gasteiger partial charge is 0.359 e. The van der Waals surface area contributed by atoms with Gasteiger partial charge in [-0.1, -0.05) is 0 Å². The first-order chi connectivity index (χ1) is 9.83. The van der Waals surface area contributed by atoms with E-state index in [9.17, 15) is 9.59 Å². The van der Waals surface area contributed by atoms with Gasteiger partial charge in [-0.15, -0.1) is 0 Å². The van der Waals surface area contributed by atoms with Crippen LogP contribution in [0.5, 0.6) is 0 Å². The van der Waals surface area contributed by atoms with Crippen LogP contribution in [0.3, 0.4) is 0 Å². The molecule has 0 amide bonds. The topological polar surface area (TPSA) is 285 Å². The fourth-order valence-corrected chi connectivity index (χ4v) is 0. The summed E-state index contributed by atoms with van der Waals surface area (Å²) in [5, 5.41) is 48.0. The van der Waals surface area contributed by atoms with Crippen LogP contribution in [-0.2, 0) is 28.8 Å². The molecule has 0 unspecified atom stereocenters. The number of quaternary nitrogens is 2. The molecular formula is C8H14N2O12. The molecule has 0 aromatic heterocycles. The molecule has 0 fully saturated rings. The second-order valence-corrected chi connectivity index (χ2v) is 2.47. The van der Waals surface area contributed by atoms with E-state index in [1.807, 2.05) is 0 Å². The molecule has 14 nitrogen and oxygen atoms in total. The minimum Gasteiger partial charge on any atom is -0.539 e. The van der Waals surface area contributed by atoms with Crippen molar-refractivity contribution in [1.82, 2.24) is 0 Å². The van der Waals surface area contributed by atoms with Crippen LogP contribution in [0.4, 0.5) is 0 Å². The summed E-state index contributed by atoms with van der Waals surface area (Å²) in [6, 6.07) is 0. The van der Waals surface area contributed by atoms with Gasteiger partial charge >= 0.3 is 23.9 Å². The molecule has 0 aromatic carbocycles. The molecule has 0 radical (unpaired) electrons. The van der Waals surface area contributed by atoms with Crippen LogP contribution in [0, 0.1) is 0 Å². The van der Waals surface area contributed by atoms with Crippen molar-refractivity contribution in [1.29, 1.82) is 0 Å². The van der Waals surface area contributed by atoms with Crippen molar-refractivity contribution < 1.29 is 70.9 Å². The molecule has 0 saturated heterocycles. The third-order valence-corrected chi connectivity index (χ3v) is 0.777. The van der Waals surface area contributed by atoms with Crippen molar-refractivity contribution in [2.45, 2.75) is 0 Å². The monoisotopic (exact) mass is 330 g/mol. The van der Waals surface area contributed by atoms with E-state index in [0.29, 0.717) is 0 Å². The van der Waals surface area contributed by atoms with Crippen molar-refractivity contribution in [2.75, 3.05) is 13.1 Å². The third kappa shape index (κ3) is 54.3. The summed E-state index contributed by atoms with van der Waals surface area (Å²) in [6.07, 6.45) is 0. The summed E-state index contributed by atoms with van der Waals surface area (Å²) in [4.78, 5) is 54.7. The average molecular weight is 330 g/mol. The van der Waals surface area contributed by atoms with Gasteiger partial charge in [0.2, 0.25) is 0 Å². The lowest BCUT2D eigenvalue weighted by Gasteiger charge is -1.85. The van der Waals surface area contributed by atoms with E-state index in [2.05, 4.69) is 11.5 Å². The Balaban J connectivity index is -0.0000000986. The lowest BCUT2D eigenvalue weighted by atomic mass is 10.7. The molecule has 0 aliphatic carbocycles. The van der Waals surface area contributed by atoms with Gasteiger partial charge in [0.05, 0.1) is 0 Å². The molecule has 0 rings (SSSR count). The minimum atomic E-state index is -2.07. The maximum atomic E-state index is 9.31. The molecule has 0 saturated carbocycles. The summed E-state index contributed by atoms with van der Waals surface area (Å²) < 4.78 is 0. The Bertz CT molecular complexity index is 342. The summed E-state index contributed by atoms with van der Waals surface area (Å²) in [7, 11) is 0. The van der Waals surface area contributed by atoms with Crippen molar-refractivity contribution in [3.63, 3.8) is 0 Å². The highest BCUT2D eigenvalue weighted by molar-refractivity contribution is 6.26. The first kappa shape index (κ1) is 27.1. The van der Waals surface area contributed by atoms with Crippen LogP contribution in [0.25, 0.3) is 0 Å². The van der Waals surface area contributed by atoms with Crippen LogP contribution in [0.1, 0.15) is 0 Å². The molecule has 128 valence electrons. The number of carboxylic acids is 6. The number of rotatable bonds is 2. The van der Waals surface area contributed by atoms with Crippen LogP contribution in [0.2, 0.25) is 0 Å². The number of carbonyl (C=O) groups excluding carboxylic acids is 2. The molecule has 10 N–H and O–H groups in total. The number of hydrogen-bond donors (Lipinski definition) is 6. The van der Waals surface area contributed by atoms with Gasteiger partial charge in [0, 0.05) is 0 Å². The fourth-order valence-electron chi connectivity index (χ4n) is 0. The van der Waals surface area contributed by atoms with E-state index < -0.39 is 35.8 Å². The van der Waals surface area contributed by atoms with Crippen molar-refractivity contribution in [3.8, 4) is 0 Å². The molecule has 0 aromatic rings. The zero-order valence-corrected chi connectivity index (χ0v) is 10.9. The highest BCUT2D eigenvalue weighted by atomic mass is 16.4. The third-order valence-electron chi connectivity index (χ3n) is 0.777. The van der Waals surface area contributed by atoms with E-state index in [1.54, 1.807) is 0 Å². The first-order valence-corrected chi connectivity index (χ1v) is 4.73. The van der Waals surface area contributed by atoms with E-state index >= 15 is 0 Å². The summed E-state index contributed by atoms with van der Waals surface area (Å²) >= 11 is 0. The molecule has 0 heterocycles. The molecular weight excluding hydrogens is 316 g/mol. The Morgan fingerprint density at radius 1 is 0.636 bits per heavy atom. The van der Waals surface area contributed by atoms with Gasteiger partial charge in [-0.2, -0.15) is 0 Å². The second kappa shape index (κ2) is 17.7. The largest absolute Gasteiger partial charge is 0.539 e. The lowest BCUT2D eigenvalue weighted by Crippen LogP contribution is -2.54. The molecule has 0 spiro atoms. The second-order valence-electron chi connectivity index (χ2n) is 2.47. The Morgan fingerprint density at radius 2 is 0.727 bits per heavy atom. The van der Waals surface area contributed by atoms with Gasteiger partial charge < -0.3 is 51.7 Å². The Labute approximate surface area is 121 Å². The zero-order chi connectivity index (χ0) is 18.9. The Kier molecular flexibility index (Phi) is 21.9. The normalized spacial score (nSPS) is 7.36. The first-order valence-electron chi connectivity index (χ1n) is 4.73. The van der Waals surface area contributed by atoms with Gasteiger partial charge in [0.25, 0.3) is 0 Å². The van der Waals surface area contributed by atoms with E-state index in [4.69, 9.17) is 49.8 Å². The maximum absolute atomic E-state index is 9.31. The fraction of sp³-hybridized carbons (Fsp3) is 0.250. The Hall–Kier alpha value is -3.26. The van der Waals surface area contributed by atoms with Gasteiger partial charge in [0.15, 0.2) is 25.0 Å². The van der Waals surface area contributed by atoms with E-state index in [1.165, 1.54) is 0 Å². The SMILES string of the molecule is O=C([O-])C(=O)O.O=C([O-])C(=O)O.[NH3+]CC(=O)O.[NH3+]CC(=O)O. The van der Waals surface area contributed by atoms with Crippen LogP contribution >= 0.6 is 0 Å². The van der Waals surface area contributed by atoms with E-state index in [0.717, 1.165) is 0 Å². The highest BCUT2D eigenvalue weighted by Gasteiger charge is 1.90. The molecule has 0 aliphatic rings. The average Bonchev–Trinajstić information content (AvgIpc) is 2.40. The molecule has 22 heavy (non-hydrogen) atoms. The van der Waals surface area contributed by atoms with Crippen LogP contribution in [0.15, 0.2) is 0 Å². The predicted molar refractivity (Wildman–Crippen MR) is 56.1 cm³/mol. The van der Waals surface area contributed by atoms with Crippen LogP contribution in [-0.4, -0.2) is 69.3 Å². The molecule has 0 bridgehead atoms. The van der Waals surface area contributed by atoms with Crippen molar-refractivity contribution in [3.05, 3.63) is 0 Å². The summed E-state index contributed by atoms with van der Waals surface area (Å²) in [5.74, 6) is -9.73. The summed E-state index contributed by atoms with van der Waals surface area (Å²) in [5.41, 5.74) is 6.17. The maximum Gasteiger partial charge on any atom is 0.359 e. The minimum absolute atomic E-state index is 0.0278. The lowest BCUT2D eigenvalue weighted by molar-refractivity contribution is -0.359.